The van der Waals surface area contributed by atoms with Gasteiger partial charge in [-0.15, -0.1) is 0 Å². The maximum atomic E-state index is 11.8. The van der Waals surface area contributed by atoms with Gasteiger partial charge >= 0.3 is 11.9 Å². The first-order valence-electron chi connectivity index (χ1n) is 6.65. The Hall–Kier alpha value is -3.03. The standard InChI is InChI=1S/C15H16N2O6/c1-15(2)22-13(19)9(14(20)23-15)7-17-10-6-8(12(16)18)4-5-11(10)21-3/h4-7,17H,1-3H3,(H2,16,18). The van der Waals surface area contributed by atoms with Crippen LogP contribution in [-0.2, 0) is 19.1 Å². The van der Waals surface area contributed by atoms with E-state index in [1.165, 1.54) is 39.2 Å². The van der Waals surface area contributed by atoms with Crippen molar-refractivity contribution in [3.8, 4) is 5.75 Å². The SMILES string of the molecule is COc1ccc(C(N)=O)cc1NC=C1C(=O)OC(C)(C)OC1=O. The van der Waals surface area contributed by atoms with Gasteiger partial charge in [-0.2, -0.15) is 0 Å². The summed E-state index contributed by atoms with van der Waals surface area (Å²) < 4.78 is 15.1. The van der Waals surface area contributed by atoms with Crippen LogP contribution in [0.2, 0.25) is 0 Å². The minimum absolute atomic E-state index is 0.238. The molecule has 1 aliphatic heterocycles. The molecule has 1 aromatic carbocycles. The average molecular weight is 320 g/mol. The van der Waals surface area contributed by atoms with Crippen molar-refractivity contribution in [3.63, 3.8) is 0 Å². The molecule has 8 heteroatoms. The molecule has 1 aliphatic rings. The lowest BCUT2D eigenvalue weighted by molar-refractivity contribution is -0.222. The maximum absolute atomic E-state index is 11.8. The molecule has 1 saturated heterocycles. The van der Waals surface area contributed by atoms with E-state index >= 15 is 0 Å². The fraction of sp³-hybridized carbons (Fsp3) is 0.267. The highest BCUT2D eigenvalue weighted by molar-refractivity contribution is 6.15. The molecule has 3 N–H and O–H groups in total. The summed E-state index contributed by atoms with van der Waals surface area (Å²) in [7, 11) is 1.43. The summed E-state index contributed by atoms with van der Waals surface area (Å²) in [5.74, 6) is -3.17. The lowest BCUT2D eigenvalue weighted by Gasteiger charge is -2.29. The molecule has 1 heterocycles. The summed E-state index contributed by atoms with van der Waals surface area (Å²) in [6.07, 6.45) is 1.13. The van der Waals surface area contributed by atoms with Gasteiger partial charge < -0.3 is 25.3 Å². The third-order valence-corrected chi connectivity index (χ3v) is 2.97. The second-order valence-electron chi connectivity index (χ2n) is 5.16. The number of nitrogens with one attached hydrogen (secondary N) is 1. The number of cyclic esters (lactones) is 2. The van der Waals surface area contributed by atoms with Gasteiger partial charge in [0.2, 0.25) is 5.91 Å². The zero-order chi connectivity index (χ0) is 17.2. The minimum atomic E-state index is -1.31. The number of ether oxygens (including phenoxy) is 3. The van der Waals surface area contributed by atoms with Crippen LogP contribution in [0.25, 0.3) is 0 Å². The molecule has 0 unspecified atom stereocenters. The van der Waals surface area contributed by atoms with E-state index in [0.29, 0.717) is 11.4 Å². The van der Waals surface area contributed by atoms with Crippen molar-refractivity contribution in [2.24, 2.45) is 5.73 Å². The molecule has 0 atom stereocenters. The van der Waals surface area contributed by atoms with Crippen LogP contribution in [-0.4, -0.2) is 30.7 Å². The number of nitrogens with two attached hydrogens (primary N) is 1. The molecular formula is C15H16N2O6. The van der Waals surface area contributed by atoms with E-state index in [-0.39, 0.29) is 11.1 Å². The van der Waals surface area contributed by atoms with Gasteiger partial charge in [-0.25, -0.2) is 9.59 Å². The van der Waals surface area contributed by atoms with Gasteiger partial charge in [0.15, 0.2) is 5.57 Å². The molecule has 1 amide bonds. The van der Waals surface area contributed by atoms with Crippen LogP contribution in [0.1, 0.15) is 24.2 Å². The van der Waals surface area contributed by atoms with Crippen LogP contribution in [0, 0.1) is 0 Å². The summed E-state index contributed by atoms with van der Waals surface area (Å²) in [4.78, 5) is 34.9. The highest BCUT2D eigenvalue weighted by Crippen LogP contribution is 2.27. The summed E-state index contributed by atoms with van der Waals surface area (Å²) in [6, 6.07) is 4.45. The van der Waals surface area contributed by atoms with Crippen molar-refractivity contribution in [1.82, 2.24) is 0 Å². The first-order chi connectivity index (χ1) is 10.7. The van der Waals surface area contributed by atoms with Crippen LogP contribution in [0.5, 0.6) is 5.75 Å². The van der Waals surface area contributed by atoms with Crippen LogP contribution in [0.4, 0.5) is 5.69 Å². The third-order valence-electron chi connectivity index (χ3n) is 2.97. The normalized spacial score (nSPS) is 16.2. The van der Waals surface area contributed by atoms with Gasteiger partial charge in [-0.05, 0) is 18.2 Å². The topological polar surface area (TPSA) is 117 Å². The molecule has 8 nitrogen and oxygen atoms in total. The van der Waals surface area contributed by atoms with E-state index in [2.05, 4.69) is 5.32 Å². The number of esters is 2. The third kappa shape index (κ3) is 3.60. The lowest BCUT2D eigenvalue weighted by atomic mass is 10.1. The maximum Gasteiger partial charge on any atom is 0.350 e. The zero-order valence-electron chi connectivity index (χ0n) is 12.8. The molecule has 0 aromatic heterocycles. The minimum Gasteiger partial charge on any atom is -0.495 e. The number of hydrogen-bond acceptors (Lipinski definition) is 7. The van der Waals surface area contributed by atoms with Crippen molar-refractivity contribution < 1.29 is 28.6 Å². The zero-order valence-corrected chi connectivity index (χ0v) is 12.8. The van der Waals surface area contributed by atoms with Crippen LogP contribution in [0.3, 0.4) is 0 Å². The molecule has 2 rings (SSSR count). The number of carbonyl (C=O) groups excluding carboxylic acids is 3. The number of amides is 1. The fourth-order valence-electron chi connectivity index (χ4n) is 1.90. The number of hydrogen-bond donors (Lipinski definition) is 2. The molecule has 1 fully saturated rings. The van der Waals surface area contributed by atoms with E-state index in [1.807, 2.05) is 0 Å². The van der Waals surface area contributed by atoms with Crippen molar-refractivity contribution >= 4 is 23.5 Å². The Labute approximate surface area is 132 Å². The van der Waals surface area contributed by atoms with Gasteiger partial charge in [-0.1, -0.05) is 0 Å². The number of carbonyl (C=O) groups is 3. The number of rotatable bonds is 4. The molecule has 1 aromatic rings. The highest BCUT2D eigenvalue weighted by Gasteiger charge is 2.38. The van der Waals surface area contributed by atoms with E-state index < -0.39 is 23.6 Å². The van der Waals surface area contributed by atoms with Gasteiger partial charge in [-0.3, -0.25) is 4.79 Å². The predicted molar refractivity (Wildman–Crippen MR) is 79.5 cm³/mol. The molecule has 0 saturated carbocycles. The Balaban J connectivity index is 2.29. The first kappa shape index (κ1) is 16.3. The molecule has 122 valence electrons. The molecular weight excluding hydrogens is 304 g/mol. The van der Waals surface area contributed by atoms with Gasteiger partial charge in [0.1, 0.15) is 5.75 Å². The Kier molecular flexibility index (Phi) is 4.26. The van der Waals surface area contributed by atoms with Crippen LogP contribution in [0.15, 0.2) is 30.0 Å². The van der Waals surface area contributed by atoms with Crippen molar-refractivity contribution in [1.29, 1.82) is 0 Å². The van der Waals surface area contributed by atoms with Crippen LogP contribution >= 0.6 is 0 Å². The van der Waals surface area contributed by atoms with E-state index in [9.17, 15) is 14.4 Å². The monoisotopic (exact) mass is 320 g/mol. The Morgan fingerprint density at radius 1 is 1.26 bits per heavy atom. The second kappa shape index (κ2) is 5.99. The summed E-state index contributed by atoms with van der Waals surface area (Å²) in [5, 5.41) is 2.72. The fourth-order valence-corrected chi connectivity index (χ4v) is 1.90. The van der Waals surface area contributed by atoms with Gasteiger partial charge in [0, 0.05) is 25.6 Å². The average Bonchev–Trinajstić information content (AvgIpc) is 2.44. The Bertz CT molecular complexity index is 686. The van der Waals surface area contributed by atoms with Crippen molar-refractivity contribution in [2.75, 3.05) is 12.4 Å². The summed E-state index contributed by atoms with van der Waals surface area (Å²) >= 11 is 0. The smallest absolute Gasteiger partial charge is 0.350 e. The molecule has 0 aliphatic carbocycles. The van der Waals surface area contributed by atoms with Gasteiger partial charge in [0.05, 0.1) is 12.8 Å². The van der Waals surface area contributed by atoms with Crippen molar-refractivity contribution in [3.05, 3.63) is 35.5 Å². The first-order valence-corrected chi connectivity index (χ1v) is 6.65. The van der Waals surface area contributed by atoms with E-state index in [1.54, 1.807) is 0 Å². The van der Waals surface area contributed by atoms with Gasteiger partial charge in [0.25, 0.3) is 5.79 Å². The lowest BCUT2D eigenvalue weighted by Crippen LogP contribution is -2.42. The molecule has 0 spiro atoms. The molecule has 23 heavy (non-hydrogen) atoms. The molecule has 0 radical (unpaired) electrons. The predicted octanol–water partition coefficient (Wildman–Crippen LogP) is 0.926. The highest BCUT2D eigenvalue weighted by atomic mass is 16.7. The largest absolute Gasteiger partial charge is 0.495 e. The number of primary amides is 1. The van der Waals surface area contributed by atoms with E-state index in [4.69, 9.17) is 19.9 Å². The number of anilines is 1. The van der Waals surface area contributed by atoms with E-state index in [0.717, 1.165) is 6.20 Å². The quantitative estimate of drug-likeness (QED) is 0.481. The number of methoxy groups -OCH3 is 1. The summed E-state index contributed by atoms with van der Waals surface area (Å²) in [6.45, 7) is 2.90. The Morgan fingerprint density at radius 3 is 2.39 bits per heavy atom. The molecule has 0 bridgehead atoms. The second-order valence-corrected chi connectivity index (χ2v) is 5.16. The van der Waals surface area contributed by atoms with Crippen LogP contribution < -0.4 is 15.8 Å². The summed E-state index contributed by atoms with van der Waals surface area (Å²) in [5.41, 5.74) is 5.49. The number of benzene rings is 1. The Morgan fingerprint density at radius 2 is 1.87 bits per heavy atom. The van der Waals surface area contributed by atoms with Crippen molar-refractivity contribution in [2.45, 2.75) is 19.6 Å².